The summed E-state index contributed by atoms with van der Waals surface area (Å²) in [7, 11) is 4.08. The molecule has 1 aliphatic rings. The predicted octanol–water partition coefficient (Wildman–Crippen LogP) is 3.22. The maximum Gasteiger partial charge on any atom is 0.257 e. The SMILES string of the molecule is CC(=O)c1cc(C(=O)Nc2ccc3[nH]c(=O)cc(C)c3c2)c(N2CCCC2CN(C)C)cn1. The number of aryl methyl sites for hydroxylation is 1. The molecule has 1 fully saturated rings. The minimum atomic E-state index is -0.299. The molecule has 33 heavy (non-hydrogen) atoms. The number of amides is 1. The predicted molar refractivity (Wildman–Crippen MR) is 130 cm³/mol. The second-order valence-electron chi connectivity index (χ2n) is 8.93. The molecule has 1 saturated heterocycles. The molecule has 2 N–H and O–H groups in total. The number of likely N-dealkylation sites (N-methyl/N-ethyl adjacent to an activating group) is 1. The first-order chi connectivity index (χ1) is 15.7. The lowest BCUT2D eigenvalue weighted by Gasteiger charge is -2.30. The van der Waals surface area contributed by atoms with E-state index >= 15 is 0 Å². The molecular formula is C25H29N5O3. The number of nitrogens with one attached hydrogen (secondary N) is 2. The number of pyridine rings is 2. The summed E-state index contributed by atoms with van der Waals surface area (Å²) >= 11 is 0. The molecule has 0 saturated carbocycles. The first kappa shape index (κ1) is 22.7. The normalized spacial score (nSPS) is 15.9. The molecule has 172 valence electrons. The molecule has 1 amide bonds. The van der Waals surface area contributed by atoms with Crippen molar-refractivity contribution < 1.29 is 9.59 Å². The average molecular weight is 448 g/mol. The minimum absolute atomic E-state index is 0.159. The van der Waals surface area contributed by atoms with Gasteiger partial charge in [0.2, 0.25) is 5.56 Å². The third-order valence-corrected chi connectivity index (χ3v) is 6.06. The molecule has 4 rings (SSSR count). The number of rotatable bonds is 6. The monoisotopic (exact) mass is 447 g/mol. The zero-order valence-electron chi connectivity index (χ0n) is 19.4. The lowest BCUT2D eigenvalue weighted by Crippen LogP contribution is -2.38. The van der Waals surface area contributed by atoms with Crippen molar-refractivity contribution in [2.75, 3.05) is 37.4 Å². The van der Waals surface area contributed by atoms with E-state index in [9.17, 15) is 14.4 Å². The Morgan fingerprint density at radius 3 is 2.76 bits per heavy atom. The number of aromatic nitrogens is 2. The van der Waals surface area contributed by atoms with Gasteiger partial charge in [-0.1, -0.05) is 0 Å². The average Bonchev–Trinajstić information content (AvgIpc) is 3.20. The molecule has 3 aromatic rings. The summed E-state index contributed by atoms with van der Waals surface area (Å²) in [6.07, 6.45) is 3.72. The Bertz CT molecular complexity index is 1280. The van der Waals surface area contributed by atoms with Gasteiger partial charge in [0.25, 0.3) is 5.91 Å². The van der Waals surface area contributed by atoms with E-state index < -0.39 is 0 Å². The molecule has 3 heterocycles. The number of hydrogen-bond acceptors (Lipinski definition) is 6. The van der Waals surface area contributed by atoms with Crippen molar-refractivity contribution >= 4 is 34.0 Å². The maximum atomic E-state index is 13.4. The van der Waals surface area contributed by atoms with E-state index in [1.165, 1.54) is 13.0 Å². The van der Waals surface area contributed by atoms with Crippen molar-refractivity contribution in [2.45, 2.75) is 32.7 Å². The van der Waals surface area contributed by atoms with Crippen LogP contribution >= 0.6 is 0 Å². The number of carbonyl (C=O) groups is 2. The van der Waals surface area contributed by atoms with Crippen LogP contribution < -0.4 is 15.8 Å². The zero-order valence-corrected chi connectivity index (χ0v) is 19.4. The van der Waals surface area contributed by atoms with E-state index in [2.05, 4.69) is 25.1 Å². The molecule has 1 unspecified atom stereocenters. The lowest BCUT2D eigenvalue weighted by atomic mass is 10.1. The van der Waals surface area contributed by atoms with Crippen LogP contribution in [0.25, 0.3) is 10.9 Å². The molecular weight excluding hydrogens is 418 g/mol. The number of aromatic amines is 1. The number of carbonyl (C=O) groups excluding carboxylic acids is 2. The molecule has 1 atom stereocenters. The van der Waals surface area contributed by atoms with Gasteiger partial charge >= 0.3 is 0 Å². The fourth-order valence-electron chi connectivity index (χ4n) is 4.51. The zero-order chi connectivity index (χ0) is 23.7. The number of fused-ring (bicyclic) bond motifs is 1. The summed E-state index contributed by atoms with van der Waals surface area (Å²) in [6.45, 7) is 5.02. The van der Waals surface area contributed by atoms with Crippen LogP contribution in [0.2, 0.25) is 0 Å². The smallest absolute Gasteiger partial charge is 0.257 e. The highest BCUT2D eigenvalue weighted by molar-refractivity contribution is 6.10. The lowest BCUT2D eigenvalue weighted by molar-refractivity contribution is 0.101. The fourth-order valence-corrected chi connectivity index (χ4v) is 4.51. The number of anilines is 2. The van der Waals surface area contributed by atoms with Crippen LogP contribution in [0.5, 0.6) is 0 Å². The first-order valence-electron chi connectivity index (χ1n) is 11.1. The summed E-state index contributed by atoms with van der Waals surface area (Å²) in [5, 5.41) is 3.83. The third-order valence-electron chi connectivity index (χ3n) is 6.06. The molecule has 2 aromatic heterocycles. The van der Waals surface area contributed by atoms with Crippen LogP contribution in [-0.4, -0.2) is 59.8 Å². The standard InChI is InChI=1S/C25H29N5O3/c1-15-10-24(32)28-21-8-7-17(11-19(15)21)27-25(33)20-12-22(16(2)31)26-13-23(20)30-9-5-6-18(30)14-29(3)4/h7-8,10-13,18H,5-6,9,14H2,1-4H3,(H,27,33)(H,28,32). The van der Waals surface area contributed by atoms with E-state index in [0.29, 0.717) is 16.8 Å². The van der Waals surface area contributed by atoms with E-state index in [1.54, 1.807) is 24.4 Å². The highest BCUT2D eigenvalue weighted by Gasteiger charge is 2.29. The van der Waals surface area contributed by atoms with Gasteiger partial charge in [-0.2, -0.15) is 0 Å². The molecule has 8 heteroatoms. The molecule has 0 aliphatic carbocycles. The third kappa shape index (κ3) is 4.80. The Morgan fingerprint density at radius 1 is 1.24 bits per heavy atom. The summed E-state index contributed by atoms with van der Waals surface area (Å²) in [5.74, 6) is -0.487. The van der Waals surface area contributed by atoms with Crippen LogP contribution in [0.1, 0.15) is 46.2 Å². The van der Waals surface area contributed by atoms with Crippen molar-refractivity contribution in [1.29, 1.82) is 0 Å². The van der Waals surface area contributed by atoms with Gasteiger partial charge in [0.05, 0.1) is 17.4 Å². The van der Waals surface area contributed by atoms with Crippen molar-refractivity contribution in [3.8, 4) is 0 Å². The molecule has 0 bridgehead atoms. The molecule has 1 aromatic carbocycles. The Labute approximate surface area is 192 Å². The van der Waals surface area contributed by atoms with Gasteiger partial charge in [-0.3, -0.25) is 19.4 Å². The second kappa shape index (κ2) is 9.15. The highest BCUT2D eigenvalue weighted by atomic mass is 16.2. The van der Waals surface area contributed by atoms with E-state index in [4.69, 9.17) is 0 Å². The Kier molecular flexibility index (Phi) is 6.29. The second-order valence-corrected chi connectivity index (χ2v) is 8.93. The number of Topliss-reactive ketones (excluding diaryl/α,β-unsaturated/α-hetero) is 1. The van der Waals surface area contributed by atoms with E-state index in [-0.39, 0.29) is 29.0 Å². The van der Waals surface area contributed by atoms with E-state index in [1.807, 2.05) is 27.1 Å². The van der Waals surface area contributed by atoms with Crippen molar-refractivity contribution in [3.05, 3.63) is 63.7 Å². The quantitative estimate of drug-likeness (QED) is 0.563. The van der Waals surface area contributed by atoms with Crippen LogP contribution in [0, 0.1) is 6.92 Å². The van der Waals surface area contributed by atoms with Gasteiger partial charge in [0, 0.05) is 48.7 Å². The number of ketones is 1. The summed E-state index contributed by atoms with van der Waals surface area (Å²) < 4.78 is 0. The Hall–Kier alpha value is -3.52. The van der Waals surface area contributed by atoms with Crippen molar-refractivity contribution in [2.24, 2.45) is 0 Å². The van der Waals surface area contributed by atoms with Crippen LogP contribution in [0.4, 0.5) is 11.4 Å². The Balaban J connectivity index is 1.70. The number of hydrogen-bond donors (Lipinski definition) is 2. The van der Waals surface area contributed by atoms with Gasteiger partial charge in [-0.25, -0.2) is 0 Å². The van der Waals surface area contributed by atoms with Crippen molar-refractivity contribution in [3.63, 3.8) is 0 Å². The minimum Gasteiger partial charge on any atom is -0.365 e. The van der Waals surface area contributed by atoms with Gasteiger partial charge in [0.1, 0.15) is 5.69 Å². The number of nitrogens with zero attached hydrogens (tertiary/aromatic N) is 3. The van der Waals surface area contributed by atoms with Crippen LogP contribution in [-0.2, 0) is 0 Å². The molecule has 0 spiro atoms. The van der Waals surface area contributed by atoms with Gasteiger partial charge < -0.3 is 20.1 Å². The number of H-pyrrole nitrogens is 1. The molecule has 8 nitrogen and oxygen atoms in total. The summed E-state index contributed by atoms with van der Waals surface area (Å²) in [4.78, 5) is 48.6. The number of benzene rings is 1. The van der Waals surface area contributed by atoms with Gasteiger partial charge in [-0.15, -0.1) is 0 Å². The summed E-state index contributed by atoms with van der Waals surface area (Å²) in [6, 6.07) is 8.77. The van der Waals surface area contributed by atoms with E-state index in [0.717, 1.165) is 42.6 Å². The highest BCUT2D eigenvalue weighted by Crippen LogP contribution is 2.30. The first-order valence-corrected chi connectivity index (χ1v) is 11.1. The van der Waals surface area contributed by atoms with Crippen LogP contribution in [0.15, 0.2) is 41.3 Å². The van der Waals surface area contributed by atoms with Crippen molar-refractivity contribution in [1.82, 2.24) is 14.9 Å². The maximum absolute atomic E-state index is 13.4. The summed E-state index contributed by atoms with van der Waals surface area (Å²) in [5.41, 5.74) is 3.43. The largest absolute Gasteiger partial charge is 0.365 e. The molecule has 0 radical (unpaired) electrons. The topological polar surface area (TPSA) is 98.4 Å². The van der Waals surface area contributed by atoms with Gasteiger partial charge in [0.15, 0.2) is 5.78 Å². The fraction of sp³-hybridized carbons (Fsp3) is 0.360. The van der Waals surface area contributed by atoms with Crippen LogP contribution in [0.3, 0.4) is 0 Å². The Morgan fingerprint density at radius 2 is 2.03 bits per heavy atom. The molecule has 1 aliphatic heterocycles. The van der Waals surface area contributed by atoms with Gasteiger partial charge in [-0.05, 0) is 63.7 Å².